The van der Waals surface area contributed by atoms with Gasteiger partial charge in [-0.25, -0.2) is 0 Å². The first-order valence-electron chi connectivity index (χ1n) is 5.29. The highest BCUT2D eigenvalue weighted by molar-refractivity contribution is 6.05. The average Bonchev–Trinajstić information content (AvgIpc) is 2.81. The molecular formula is C12H14N4O. The first-order chi connectivity index (χ1) is 8.08. The van der Waals surface area contributed by atoms with E-state index in [9.17, 15) is 4.79 Å². The molecule has 88 valence electrons. The first kappa shape index (κ1) is 11.3. The van der Waals surface area contributed by atoms with E-state index in [-0.39, 0.29) is 5.78 Å². The molecule has 0 bridgehead atoms. The van der Waals surface area contributed by atoms with Crippen molar-refractivity contribution in [1.29, 1.82) is 0 Å². The fraction of sp³-hybridized carbons (Fsp3) is 0.250. The Bertz CT molecular complexity index is 577. The molecule has 0 aliphatic heterocycles. The Balaban J connectivity index is 2.19. The van der Waals surface area contributed by atoms with E-state index in [0.29, 0.717) is 5.69 Å². The van der Waals surface area contributed by atoms with Gasteiger partial charge < -0.3 is 0 Å². The molecule has 2 heterocycles. The summed E-state index contributed by atoms with van der Waals surface area (Å²) in [6.45, 7) is 1.92. The minimum absolute atomic E-state index is 0.0659. The fourth-order valence-corrected chi connectivity index (χ4v) is 1.65. The summed E-state index contributed by atoms with van der Waals surface area (Å²) in [7, 11) is 3.59. The highest BCUT2D eigenvalue weighted by Gasteiger charge is 2.06. The van der Waals surface area contributed by atoms with Crippen molar-refractivity contribution in [1.82, 2.24) is 19.6 Å². The Labute approximate surface area is 99.4 Å². The summed E-state index contributed by atoms with van der Waals surface area (Å²) < 4.78 is 3.30. The first-order valence-corrected chi connectivity index (χ1v) is 5.29. The smallest absolute Gasteiger partial charge is 0.203 e. The molecule has 5 heteroatoms. The Morgan fingerprint density at radius 1 is 1.35 bits per heavy atom. The monoisotopic (exact) mass is 230 g/mol. The van der Waals surface area contributed by atoms with Crippen LogP contribution >= 0.6 is 0 Å². The van der Waals surface area contributed by atoms with Crippen LogP contribution < -0.4 is 0 Å². The van der Waals surface area contributed by atoms with Crippen LogP contribution in [0.4, 0.5) is 0 Å². The molecule has 0 fully saturated rings. The van der Waals surface area contributed by atoms with E-state index >= 15 is 0 Å². The van der Waals surface area contributed by atoms with E-state index in [2.05, 4.69) is 10.2 Å². The zero-order valence-corrected chi connectivity index (χ0v) is 10.1. The fourth-order valence-electron chi connectivity index (χ4n) is 1.65. The second kappa shape index (κ2) is 4.37. The highest BCUT2D eigenvalue weighted by atomic mass is 16.1. The van der Waals surface area contributed by atoms with E-state index in [4.69, 9.17) is 0 Å². The lowest BCUT2D eigenvalue weighted by atomic mass is 10.2. The van der Waals surface area contributed by atoms with Gasteiger partial charge in [-0.15, -0.1) is 0 Å². The quantitative estimate of drug-likeness (QED) is 0.591. The largest absolute Gasteiger partial charge is 0.288 e. The van der Waals surface area contributed by atoms with Gasteiger partial charge in [0.2, 0.25) is 5.78 Å². The lowest BCUT2D eigenvalue weighted by molar-refractivity contribution is 0.103. The minimum atomic E-state index is -0.0659. The Morgan fingerprint density at radius 2 is 2.12 bits per heavy atom. The zero-order chi connectivity index (χ0) is 12.4. The van der Waals surface area contributed by atoms with Crippen LogP contribution in [0.2, 0.25) is 0 Å². The lowest BCUT2D eigenvalue weighted by Gasteiger charge is -1.96. The Kier molecular flexibility index (Phi) is 2.91. The van der Waals surface area contributed by atoms with E-state index in [1.165, 1.54) is 6.08 Å². The van der Waals surface area contributed by atoms with Gasteiger partial charge in [-0.1, -0.05) is 0 Å². The highest BCUT2D eigenvalue weighted by Crippen LogP contribution is 2.06. The maximum absolute atomic E-state index is 11.8. The second-order valence-corrected chi connectivity index (χ2v) is 3.87. The summed E-state index contributed by atoms with van der Waals surface area (Å²) in [6.07, 6.45) is 4.90. The Hall–Kier alpha value is -2.17. The molecule has 0 aliphatic rings. The number of rotatable bonds is 3. The number of allylic oxidation sites excluding steroid dienone is 1. The van der Waals surface area contributed by atoms with Gasteiger partial charge >= 0.3 is 0 Å². The summed E-state index contributed by atoms with van der Waals surface area (Å²) in [5.41, 5.74) is 2.40. The number of nitrogens with zero attached hydrogens (tertiary/aromatic N) is 4. The molecule has 0 saturated heterocycles. The van der Waals surface area contributed by atoms with Crippen molar-refractivity contribution >= 4 is 11.9 Å². The molecule has 2 aromatic rings. The molecule has 17 heavy (non-hydrogen) atoms. The molecule has 0 saturated carbocycles. The number of aromatic nitrogens is 4. The summed E-state index contributed by atoms with van der Waals surface area (Å²) in [4.78, 5) is 11.8. The van der Waals surface area contributed by atoms with Gasteiger partial charge in [0, 0.05) is 20.3 Å². The van der Waals surface area contributed by atoms with Gasteiger partial charge in [0.1, 0.15) is 5.69 Å². The number of hydrogen-bond acceptors (Lipinski definition) is 3. The third-order valence-electron chi connectivity index (χ3n) is 2.52. The minimum Gasteiger partial charge on any atom is -0.288 e. The molecule has 0 aliphatic carbocycles. The molecule has 0 unspecified atom stereocenters. The van der Waals surface area contributed by atoms with Crippen molar-refractivity contribution < 1.29 is 4.79 Å². The number of carbonyl (C=O) groups excluding carboxylic acids is 1. The van der Waals surface area contributed by atoms with Crippen LogP contribution in [-0.2, 0) is 14.1 Å². The van der Waals surface area contributed by atoms with Crippen molar-refractivity contribution in [2.75, 3.05) is 0 Å². The van der Waals surface area contributed by atoms with Gasteiger partial charge in [0.15, 0.2) is 0 Å². The second-order valence-electron chi connectivity index (χ2n) is 3.87. The van der Waals surface area contributed by atoms with Crippen LogP contribution in [0.3, 0.4) is 0 Å². The standard InChI is InChI=1S/C12H14N4O/c1-9-8-10(15(2)14-9)4-5-12(17)11-6-7-13-16(11)3/h4-8H,1-3H3/b5-4+. The topological polar surface area (TPSA) is 52.7 Å². The lowest BCUT2D eigenvalue weighted by Crippen LogP contribution is -2.04. The van der Waals surface area contributed by atoms with Crippen LogP contribution in [0.5, 0.6) is 0 Å². The van der Waals surface area contributed by atoms with Crippen LogP contribution in [0.15, 0.2) is 24.4 Å². The summed E-state index contributed by atoms with van der Waals surface area (Å²) >= 11 is 0. The van der Waals surface area contributed by atoms with Gasteiger partial charge in [-0.2, -0.15) is 10.2 Å². The van der Waals surface area contributed by atoms with Crippen molar-refractivity contribution in [3.63, 3.8) is 0 Å². The molecule has 2 rings (SSSR count). The van der Waals surface area contributed by atoms with E-state index in [1.807, 2.05) is 20.0 Å². The summed E-state index contributed by atoms with van der Waals surface area (Å²) in [6, 6.07) is 3.62. The van der Waals surface area contributed by atoms with E-state index in [0.717, 1.165) is 11.4 Å². The summed E-state index contributed by atoms with van der Waals surface area (Å²) in [5, 5.41) is 8.16. The number of aryl methyl sites for hydroxylation is 3. The normalized spacial score (nSPS) is 11.2. The predicted molar refractivity (Wildman–Crippen MR) is 64.5 cm³/mol. The third kappa shape index (κ3) is 2.33. The number of ketones is 1. The van der Waals surface area contributed by atoms with E-state index in [1.54, 1.807) is 34.8 Å². The molecule has 0 N–H and O–H groups in total. The number of carbonyl (C=O) groups is 1. The summed E-state index contributed by atoms with van der Waals surface area (Å²) in [5.74, 6) is -0.0659. The third-order valence-corrected chi connectivity index (χ3v) is 2.52. The molecule has 0 aromatic carbocycles. The maximum atomic E-state index is 11.8. The molecule has 0 spiro atoms. The molecule has 0 radical (unpaired) electrons. The van der Waals surface area contributed by atoms with Crippen molar-refractivity contribution in [3.05, 3.63) is 41.5 Å². The van der Waals surface area contributed by atoms with E-state index < -0.39 is 0 Å². The molecule has 2 aromatic heterocycles. The van der Waals surface area contributed by atoms with Crippen LogP contribution in [-0.4, -0.2) is 25.3 Å². The van der Waals surface area contributed by atoms with Crippen molar-refractivity contribution in [2.24, 2.45) is 14.1 Å². The molecule has 0 atom stereocenters. The SMILES string of the molecule is Cc1cc(/C=C/C(=O)c2ccnn2C)n(C)n1. The van der Waals surface area contributed by atoms with Crippen molar-refractivity contribution in [3.8, 4) is 0 Å². The predicted octanol–water partition coefficient (Wildman–Crippen LogP) is 1.36. The van der Waals surface area contributed by atoms with Gasteiger partial charge in [-0.05, 0) is 31.2 Å². The van der Waals surface area contributed by atoms with Crippen LogP contribution in [0, 0.1) is 6.92 Å². The molecule has 5 nitrogen and oxygen atoms in total. The average molecular weight is 230 g/mol. The Morgan fingerprint density at radius 3 is 2.65 bits per heavy atom. The van der Waals surface area contributed by atoms with Crippen LogP contribution in [0.25, 0.3) is 6.08 Å². The van der Waals surface area contributed by atoms with Gasteiger partial charge in [0.25, 0.3) is 0 Å². The van der Waals surface area contributed by atoms with Crippen molar-refractivity contribution in [2.45, 2.75) is 6.92 Å². The molecule has 0 amide bonds. The molecular weight excluding hydrogens is 216 g/mol. The van der Waals surface area contributed by atoms with Gasteiger partial charge in [-0.3, -0.25) is 14.2 Å². The zero-order valence-electron chi connectivity index (χ0n) is 10.1. The van der Waals surface area contributed by atoms with Crippen LogP contribution in [0.1, 0.15) is 21.9 Å². The maximum Gasteiger partial charge on any atom is 0.203 e. The van der Waals surface area contributed by atoms with Gasteiger partial charge in [0.05, 0.1) is 11.4 Å². The number of hydrogen-bond donors (Lipinski definition) is 0.